The van der Waals surface area contributed by atoms with Crippen molar-refractivity contribution in [3.05, 3.63) is 64.5 Å². The van der Waals surface area contributed by atoms with Gasteiger partial charge in [-0.2, -0.15) is 0 Å². The molecule has 0 fully saturated rings. The maximum Gasteiger partial charge on any atom is 0.321 e. The first-order valence-electron chi connectivity index (χ1n) is 7.21. The normalized spacial score (nSPS) is 12.2. The van der Waals surface area contributed by atoms with E-state index in [1.165, 1.54) is 0 Å². The van der Waals surface area contributed by atoms with Gasteiger partial charge in [0.15, 0.2) is 0 Å². The largest absolute Gasteiger partial charge is 0.480 e. The van der Waals surface area contributed by atoms with Crippen molar-refractivity contribution in [3.8, 4) is 9.88 Å². The number of hydrogen-bond acceptors (Lipinski definition) is 5. The van der Waals surface area contributed by atoms with Crippen LogP contribution in [0.25, 0.3) is 9.88 Å². The highest BCUT2D eigenvalue weighted by Crippen LogP contribution is 2.27. The minimum Gasteiger partial charge on any atom is -0.480 e. The van der Waals surface area contributed by atoms with Crippen molar-refractivity contribution in [2.45, 2.75) is 19.0 Å². The Bertz CT molecular complexity index is 754. The van der Waals surface area contributed by atoms with Crippen molar-refractivity contribution in [1.82, 2.24) is 10.3 Å². The summed E-state index contributed by atoms with van der Waals surface area (Å²) in [6.07, 6.45) is 0.456. The molecule has 0 saturated carbocycles. The van der Waals surface area contributed by atoms with Gasteiger partial charge in [0.2, 0.25) is 0 Å². The van der Waals surface area contributed by atoms with E-state index in [-0.39, 0.29) is 0 Å². The molecular formula is C17H16N2O2S2. The number of nitrogens with one attached hydrogen (secondary N) is 1. The van der Waals surface area contributed by atoms with E-state index in [1.54, 1.807) is 22.7 Å². The summed E-state index contributed by atoms with van der Waals surface area (Å²) in [5.41, 5.74) is 1.88. The van der Waals surface area contributed by atoms with Gasteiger partial charge < -0.3 is 5.11 Å². The van der Waals surface area contributed by atoms with E-state index in [0.717, 1.165) is 21.1 Å². The standard InChI is InChI=1S/C17H16N2O2S2/c20-17(21)14(9-12-5-2-1-3-6-12)18-10-13-11-23-16(19-13)15-7-4-8-22-15/h1-8,11,14,18H,9-10H2,(H,20,21)/t14-/m1/s1. The fourth-order valence-corrected chi connectivity index (χ4v) is 3.86. The minimum atomic E-state index is -0.845. The highest BCUT2D eigenvalue weighted by molar-refractivity contribution is 7.20. The number of carboxylic acids is 1. The summed E-state index contributed by atoms with van der Waals surface area (Å²) in [7, 11) is 0. The monoisotopic (exact) mass is 344 g/mol. The van der Waals surface area contributed by atoms with Gasteiger partial charge in [-0.3, -0.25) is 10.1 Å². The number of aromatic nitrogens is 1. The Hall–Kier alpha value is -2.02. The fraction of sp³-hybridized carbons (Fsp3) is 0.176. The number of carboxylic acid groups (broad SMARTS) is 1. The minimum absolute atomic E-state index is 0.450. The Morgan fingerprint density at radius 2 is 2.00 bits per heavy atom. The fourth-order valence-electron chi connectivity index (χ4n) is 2.23. The van der Waals surface area contributed by atoms with Crippen LogP contribution in [0.15, 0.2) is 53.2 Å². The van der Waals surface area contributed by atoms with E-state index in [0.29, 0.717) is 13.0 Å². The molecule has 0 saturated heterocycles. The first-order chi connectivity index (χ1) is 11.2. The lowest BCUT2D eigenvalue weighted by molar-refractivity contribution is -0.139. The summed E-state index contributed by atoms with van der Waals surface area (Å²) in [5, 5.41) is 17.5. The summed E-state index contributed by atoms with van der Waals surface area (Å²) >= 11 is 3.24. The van der Waals surface area contributed by atoms with E-state index in [4.69, 9.17) is 0 Å². The number of carbonyl (C=O) groups is 1. The maximum absolute atomic E-state index is 11.4. The lowest BCUT2D eigenvalue weighted by atomic mass is 10.1. The molecule has 0 aliphatic carbocycles. The third-order valence-corrected chi connectivity index (χ3v) is 5.32. The van der Waals surface area contributed by atoms with Crippen molar-refractivity contribution in [3.63, 3.8) is 0 Å². The second kappa shape index (κ2) is 7.50. The predicted molar refractivity (Wildman–Crippen MR) is 93.8 cm³/mol. The Balaban J connectivity index is 1.62. The zero-order valence-corrected chi connectivity index (χ0v) is 13.9. The molecule has 0 radical (unpaired) electrons. The van der Waals surface area contributed by atoms with Crippen LogP contribution >= 0.6 is 22.7 Å². The van der Waals surface area contributed by atoms with Crippen LogP contribution in [0.5, 0.6) is 0 Å². The van der Waals surface area contributed by atoms with Crippen molar-refractivity contribution >= 4 is 28.6 Å². The summed E-state index contributed by atoms with van der Waals surface area (Å²) in [4.78, 5) is 17.1. The van der Waals surface area contributed by atoms with Gasteiger partial charge in [0, 0.05) is 11.9 Å². The molecule has 4 nitrogen and oxygen atoms in total. The average molecular weight is 344 g/mol. The SMILES string of the molecule is O=C(O)[C@@H](Cc1ccccc1)NCc1csc(-c2cccs2)n1. The topological polar surface area (TPSA) is 62.2 Å². The summed E-state index contributed by atoms with van der Waals surface area (Å²) < 4.78 is 0. The molecule has 0 aliphatic rings. The molecule has 1 atom stereocenters. The molecule has 118 valence electrons. The summed E-state index contributed by atoms with van der Waals surface area (Å²) in [6, 6.07) is 13.1. The van der Waals surface area contributed by atoms with Crippen LogP contribution in [0.1, 0.15) is 11.3 Å². The summed E-state index contributed by atoms with van der Waals surface area (Å²) in [5.74, 6) is -0.845. The van der Waals surface area contributed by atoms with Gasteiger partial charge >= 0.3 is 5.97 Å². The second-order valence-corrected chi connectivity index (χ2v) is 6.89. The molecule has 6 heteroatoms. The highest BCUT2D eigenvalue weighted by Gasteiger charge is 2.18. The Labute approximate surface area is 142 Å². The Morgan fingerprint density at radius 3 is 2.70 bits per heavy atom. The number of rotatable bonds is 7. The number of nitrogens with zero attached hydrogens (tertiary/aromatic N) is 1. The van der Waals surface area contributed by atoms with Gasteiger partial charge in [-0.05, 0) is 23.4 Å². The lowest BCUT2D eigenvalue weighted by Crippen LogP contribution is -2.38. The van der Waals surface area contributed by atoms with Gasteiger partial charge in [0.25, 0.3) is 0 Å². The van der Waals surface area contributed by atoms with Crippen molar-refractivity contribution in [2.75, 3.05) is 0 Å². The molecule has 0 unspecified atom stereocenters. The number of thiazole rings is 1. The van der Waals surface area contributed by atoms with Crippen LogP contribution in [0, 0.1) is 0 Å². The van der Waals surface area contributed by atoms with Gasteiger partial charge in [-0.25, -0.2) is 4.98 Å². The third kappa shape index (κ3) is 4.25. The number of thiophene rings is 1. The zero-order chi connectivity index (χ0) is 16.1. The van der Waals surface area contributed by atoms with E-state index in [1.807, 2.05) is 53.2 Å². The predicted octanol–water partition coefficient (Wildman–Crippen LogP) is 3.66. The number of aliphatic carboxylic acids is 1. The molecule has 23 heavy (non-hydrogen) atoms. The molecule has 0 aliphatic heterocycles. The van der Waals surface area contributed by atoms with Crippen LogP contribution in [0.4, 0.5) is 0 Å². The Morgan fingerprint density at radius 1 is 1.17 bits per heavy atom. The van der Waals surface area contributed by atoms with Crippen molar-refractivity contribution < 1.29 is 9.90 Å². The quantitative estimate of drug-likeness (QED) is 0.687. The van der Waals surface area contributed by atoms with Crippen molar-refractivity contribution in [2.24, 2.45) is 0 Å². The van der Waals surface area contributed by atoms with E-state index in [2.05, 4.69) is 10.3 Å². The van der Waals surface area contributed by atoms with Gasteiger partial charge in [-0.1, -0.05) is 36.4 Å². The molecule has 0 bridgehead atoms. The Kier molecular flexibility index (Phi) is 5.17. The van der Waals surface area contributed by atoms with Crippen LogP contribution in [-0.2, 0) is 17.8 Å². The first kappa shape index (κ1) is 15.9. The van der Waals surface area contributed by atoms with Gasteiger partial charge in [0.1, 0.15) is 11.0 Å². The molecule has 0 spiro atoms. The molecule has 2 heterocycles. The molecule has 3 aromatic rings. The molecule has 0 amide bonds. The lowest BCUT2D eigenvalue weighted by Gasteiger charge is -2.13. The second-order valence-electron chi connectivity index (χ2n) is 5.08. The number of hydrogen-bond donors (Lipinski definition) is 2. The highest BCUT2D eigenvalue weighted by atomic mass is 32.1. The molecule has 2 aromatic heterocycles. The van der Waals surface area contributed by atoms with Gasteiger partial charge in [0.05, 0.1) is 10.6 Å². The number of benzene rings is 1. The van der Waals surface area contributed by atoms with Crippen LogP contribution in [0.3, 0.4) is 0 Å². The third-order valence-electron chi connectivity index (χ3n) is 3.39. The molecule has 1 aromatic carbocycles. The molecular weight excluding hydrogens is 328 g/mol. The first-order valence-corrected chi connectivity index (χ1v) is 8.96. The molecule has 2 N–H and O–H groups in total. The van der Waals surface area contributed by atoms with Crippen molar-refractivity contribution in [1.29, 1.82) is 0 Å². The van der Waals surface area contributed by atoms with Gasteiger partial charge in [-0.15, -0.1) is 22.7 Å². The maximum atomic E-state index is 11.4. The molecule has 3 rings (SSSR count). The zero-order valence-electron chi connectivity index (χ0n) is 12.3. The smallest absolute Gasteiger partial charge is 0.321 e. The van der Waals surface area contributed by atoms with E-state index in [9.17, 15) is 9.90 Å². The summed E-state index contributed by atoms with van der Waals surface area (Å²) in [6.45, 7) is 0.450. The van der Waals surface area contributed by atoms with Crippen LogP contribution in [-0.4, -0.2) is 22.1 Å². The average Bonchev–Trinajstić information content (AvgIpc) is 3.23. The van der Waals surface area contributed by atoms with Crippen LogP contribution in [0.2, 0.25) is 0 Å². The van der Waals surface area contributed by atoms with E-state index < -0.39 is 12.0 Å². The van der Waals surface area contributed by atoms with E-state index >= 15 is 0 Å². The van der Waals surface area contributed by atoms with Crippen LogP contribution < -0.4 is 5.32 Å².